The Bertz CT molecular complexity index is 627. The second-order valence-electron chi connectivity index (χ2n) is 3.91. The van der Waals surface area contributed by atoms with Gasteiger partial charge < -0.3 is 20.5 Å². The topological polar surface area (TPSA) is 86.5 Å². The molecule has 0 atom stereocenters. The second kappa shape index (κ2) is 4.06. The third-order valence-electron chi connectivity index (χ3n) is 2.69. The van der Waals surface area contributed by atoms with Gasteiger partial charge in [0.1, 0.15) is 5.82 Å². The summed E-state index contributed by atoms with van der Waals surface area (Å²) in [4.78, 5) is 15.0. The molecule has 1 aromatic heterocycles. The zero-order chi connectivity index (χ0) is 12.5. The van der Waals surface area contributed by atoms with Crippen LogP contribution in [0, 0.1) is 0 Å². The Labute approximate surface area is 103 Å². The predicted molar refractivity (Wildman–Crippen MR) is 65.6 cm³/mol. The largest absolute Gasteiger partial charge is 0.454 e. The van der Waals surface area contributed by atoms with Gasteiger partial charge in [-0.1, -0.05) is 0 Å². The van der Waals surface area contributed by atoms with Crippen LogP contribution in [0.1, 0.15) is 0 Å². The number of carbonyl (C=O) groups excluding carboxylic acids is 1. The fourth-order valence-corrected chi connectivity index (χ4v) is 1.87. The molecule has 6 heteroatoms. The van der Waals surface area contributed by atoms with E-state index in [4.69, 9.17) is 15.2 Å². The first-order chi connectivity index (χ1) is 8.74. The molecule has 1 aliphatic rings. The van der Waals surface area contributed by atoms with Gasteiger partial charge in [-0.15, -0.1) is 0 Å². The van der Waals surface area contributed by atoms with Crippen molar-refractivity contribution in [1.29, 1.82) is 0 Å². The van der Waals surface area contributed by atoms with E-state index in [9.17, 15) is 4.79 Å². The van der Waals surface area contributed by atoms with E-state index in [2.05, 4.69) is 10.3 Å². The summed E-state index contributed by atoms with van der Waals surface area (Å²) in [5, 5.41) is 4.72. The maximum atomic E-state index is 10.8. The number of aromatic nitrogens is 1. The zero-order valence-electron chi connectivity index (χ0n) is 9.47. The zero-order valence-corrected chi connectivity index (χ0v) is 9.47. The van der Waals surface area contributed by atoms with Gasteiger partial charge >= 0.3 is 0 Å². The van der Waals surface area contributed by atoms with Gasteiger partial charge in [0.15, 0.2) is 11.5 Å². The Hall–Kier alpha value is -2.50. The summed E-state index contributed by atoms with van der Waals surface area (Å²) in [5.41, 5.74) is 5.10. The Morgan fingerprint density at radius 1 is 1.39 bits per heavy atom. The fraction of sp³-hybridized carbons (Fsp3) is 0.167. The monoisotopic (exact) mass is 245 g/mol. The lowest BCUT2D eigenvalue weighted by Gasteiger charge is -2.07. The van der Waals surface area contributed by atoms with E-state index in [1.54, 1.807) is 6.20 Å². The number of anilines is 1. The molecule has 0 spiro atoms. The van der Waals surface area contributed by atoms with Crippen LogP contribution in [0.2, 0.25) is 0 Å². The number of hydrogen-bond donors (Lipinski definition) is 2. The van der Waals surface area contributed by atoms with Crippen molar-refractivity contribution in [3.63, 3.8) is 0 Å². The van der Waals surface area contributed by atoms with Gasteiger partial charge in [-0.05, 0) is 23.6 Å². The average molecular weight is 245 g/mol. The summed E-state index contributed by atoms with van der Waals surface area (Å²) in [7, 11) is 0. The summed E-state index contributed by atoms with van der Waals surface area (Å²) in [6.45, 7) is 0.268. The highest BCUT2D eigenvalue weighted by atomic mass is 16.7. The summed E-state index contributed by atoms with van der Waals surface area (Å²) in [6, 6.07) is 5.59. The van der Waals surface area contributed by atoms with Crippen molar-refractivity contribution in [3.05, 3.63) is 24.4 Å². The van der Waals surface area contributed by atoms with Crippen LogP contribution in [0.4, 0.5) is 5.82 Å². The SMILES string of the molecule is NC(=O)CNc1nccc2cc3c(cc12)OCO3. The smallest absolute Gasteiger partial charge is 0.236 e. The normalized spacial score (nSPS) is 12.7. The van der Waals surface area contributed by atoms with Gasteiger partial charge in [0, 0.05) is 11.6 Å². The molecule has 1 aromatic carbocycles. The molecule has 0 aliphatic carbocycles. The molecule has 0 unspecified atom stereocenters. The molecule has 92 valence electrons. The number of fused-ring (bicyclic) bond motifs is 2. The van der Waals surface area contributed by atoms with E-state index in [0.717, 1.165) is 16.5 Å². The minimum atomic E-state index is -0.436. The fourth-order valence-electron chi connectivity index (χ4n) is 1.87. The van der Waals surface area contributed by atoms with Crippen molar-refractivity contribution in [1.82, 2.24) is 4.98 Å². The number of benzene rings is 1. The molecule has 6 nitrogen and oxygen atoms in total. The maximum absolute atomic E-state index is 10.8. The first kappa shape index (κ1) is 10.6. The molecule has 3 rings (SSSR count). The summed E-state index contributed by atoms with van der Waals surface area (Å²) in [5.74, 6) is 1.56. The van der Waals surface area contributed by atoms with E-state index in [0.29, 0.717) is 11.6 Å². The van der Waals surface area contributed by atoms with Crippen molar-refractivity contribution >= 4 is 22.5 Å². The van der Waals surface area contributed by atoms with Crippen molar-refractivity contribution in [3.8, 4) is 11.5 Å². The Kier molecular flexibility index (Phi) is 2.40. The first-order valence-electron chi connectivity index (χ1n) is 5.44. The lowest BCUT2D eigenvalue weighted by Crippen LogP contribution is -2.22. The minimum Gasteiger partial charge on any atom is -0.454 e. The Morgan fingerprint density at radius 3 is 2.94 bits per heavy atom. The lowest BCUT2D eigenvalue weighted by molar-refractivity contribution is -0.116. The molecule has 2 heterocycles. The molecule has 0 saturated carbocycles. The van der Waals surface area contributed by atoms with E-state index in [1.165, 1.54) is 0 Å². The predicted octanol–water partition coefficient (Wildman–Crippen LogP) is 0.861. The number of ether oxygens (including phenoxy) is 2. The van der Waals surface area contributed by atoms with Crippen LogP contribution in [0.25, 0.3) is 10.8 Å². The van der Waals surface area contributed by atoms with Crippen molar-refractivity contribution in [2.45, 2.75) is 0 Å². The third kappa shape index (κ3) is 1.77. The number of hydrogen-bond acceptors (Lipinski definition) is 5. The third-order valence-corrected chi connectivity index (χ3v) is 2.69. The van der Waals surface area contributed by atoms with Gasteiger partial charge in [-0.25, -0.2) is 4.98 Å². The number of nitrogens with zero attached hydrogens (tertiary/aromatic N) is 1. The lowest BCUT2D eigenvalue weighted by atomic mass is 10.1. The number of primary amides is 1. The summed E-state index contributed by atoms with van der Waals surface area (Å²) < 4.78 is 10.6. The number of rotatable bonds is 3. The Balaban J connectivity index is 2.06. The molecule has 1 amide bonds. The van der Waals surface area contributed by atoms with E-state index >= 15 is 0 Å². The molecule has 2 aromatic rings. The van der Waals surface area contributed by atoms with Crippen LogP contribution in [0.5, 0.6) is 11.5 Å². The van der Waals surface area contributed by atoms with Crippen LogP contribution in [-0.4, -0.2) is 24.2 Å². The van der Waals surface area contributed by atoms with E-state index in [1.807, 2.05) is 18.2 Å². The van der Waals surface area contributed by atoms with E-state index < -0.39 is 5.91 Å². The van der Waals surface area contributed by atoms with Crippen molar-refractivity contribution in [2.75, 3.05) is 18.7 Å². The van der Waals surface area contributed by atoms with Gasteiger partial charge in [0.05, 0.1) is 6.54 Å². The van der Waals surface area contributed by atoms with Crippen molar-refractivity contribution in [2.24, 2.45) is 5.73 Å². The number of carbonyl (C=O) groups is 1. The molecule has 0 fully saturated rings. The molecular formula is C12H11N3O3. The van der Waals surface area contributed by atoms with Crippen LogP contribution in [-0.2, 0) is 4.79 Å². The van der Waals surface area contributed by atoms with E-state index in [-0.39, 0.29) is 13.3 Å². The molecule has 1 aliphatic heterocycles. The molecule has 0 bridgehead atoms. The van der Waals surface area contributed by atoms with Gasteiger partial charge in [0.25, 0.3) is 0 Å². The highest BCUT2D eigenvalue weighted by Crippen LogP contribution is 2.37. The molecule has 0 radical (unpaired) electrons. The number of nitrogens with two attached hydrogens (primary N) is 1. The van der Waals surface area contributed by atoms with Crippen LogP contribution in [0.15, 0.2) is 24.4 Å². The minimum absolute atomic E-state index is 0.0422. The quantitative estimate of drug-likeness (QED) is 0.837. The second-order valence-corrected chi connectivity index (χ2v) is 3.91. The molecule has 3 N–H and O–H groups in total. The summed E-state index contributed by atoms with van der Waals surface area (Å²) in [6.07, 6.45) is 1.66. The first-order valence-corrected chi connectivity index (χ1v) is 5.44. The van der Waals surface area contributed by atoms with Gasteiger partial charge in [-0.2, -0.15) is 0 Å². The molecular weight excluding hydrogens is 234 g/mol. The average Bonchev–Trinajstić information content (AvgIpc) is 2.80. The van der Waals surface area contributed by atoms with Gasteiger partial charge in [-0.3, -0.25) is 4.79 Å². The van der Waals surface area contributed by atoms with Crippen LogP contribution < -0.4 is 20.5 Å². The standard InChI is InChI=1S/C12H11N3O3/c13-11(16)5-15-12-8-4-10-9(17-6-18-10)3-7(8)1-2-14-12/h1-4H,5-6H2,(H2,13,16)(H,14,15). The van der Waals surface area contributed by atoms with Crippen LogP contribution >= 0.6 is 0 Å². The molecule has 0 saturated heterocycles. The molecule has 18 heavy (non-hydrogen) atoms. The van der Waals surface area contributed by atoms with Crippen molar-refractivity contribution < 1.29 is 14.3 Å². The van der Waals surface area contributed by atoms with Gasteiger partial charge in [0.2, 0.25) is 12.7 Å². The number of pyridine rings is 1. The number of nitrogens with one attached hydrogen (secondary N) is 1. The maximum Gasteiger partial charge on any atom is 0.236 e. The Morgan fingerprint density at radius 2 is 2.17 bits per heavy atom. The summed E-state index contributed by atoms with van der Waals surface area (Å²) >= 11 is 0. The number of amides is 1. The van der Waals surface area contributed by atoms with Crippen LogP contribution in [0.3, 0.4) is 0 Å². The highest BCUT2D eigenvalue weighted by molar-refractivity contribution is 5.95. The highest BCUT2D eigenvalue weighted by Gasteiger charge is 2.15.